The Hall–Kier alpha value is -1.84. The van der Waals surface area contributed by atoms with Crippen LogP contribution in [0.4, 0.5) is 8.78 Å². The first-order valence-corrected chi connectivity index (χ1v) is 8.27. The molecule has 0 bridgehead atoms. The predicted octanol–water partition coefficient (Wildman–Crippen LogP) is 5.61. The maximum absolute atomic E-state index is 12.9. The summed E-state index contributed by atoms with van der Waals surface area (Å²) in [5, 5.41) is 0. The van der Waals surface area contributed by atoms with Gasteiger partial charge in [0.25, 0.3) is 0 Å². The van der Waals surface area contributed by atoms with Crippen LogP contribution in [0.1, 0.15) is 56.0 Å². The molecule has 0 radical (unpaired) electrons. The average molecular weight is 319 g/mol. The highest BCUT2D eigenvalue weighted by Gasteiger charge is 2.26. The van der Waals surface area contributed by atoms with E-state index in [1.165, 1.54) is 36.2 Å². The molecular weight excluding hydrogens is 296 g/mol. The van der Waals surface area contributed by atoms with Crippen LogP contribution >= 0.6 is 0 Å². The largest absolute Gasteiger partial charge is 0.433 e. The molecular formula is C19H23F2NO. The van der Waals surface area contributed by atoms with E-state index in [1.807, 2.05) is 12.1 Å². The maximum Gasteiger partial charge on any atom is 0.394 e. The summed E-state index contributed by atoms with van der Waals surface area (Å²) >= 11 is 0. The van der Waals surface area contributed by atoms with Crippen LogP contribution in [0, 0.1) is 6.92 Å². The highest BCUT2D eigenvalue weighted by molar-refractivity contribution is 5.45. The van der Waals surface area contributed by atoms with Gasteiger partial charge in [0.15, 0.2) is 0 Å². The molecule has 23 heavy (non-hydrogen) atoms. The molecule has 0 aliphatic heterocycles. The van der Waals surface area contributed by atoms with Crippen molar-refractivity contribution in [3.63, 3.8) is 0 Å². The molecule has 1 aliphatic carbocycles. The lowest BCUT2D eigenvalue weighted by Crippen LogP contribution is -2.19. The first kappa shape index (κ1) is 16.0. The zero-order chi connectivity index (χ0) is 16.6. The Balaban J connectivity index is 1.97. The molecule has 2 nitrogen and oxygen atoms in total. The van der Waals surface area contributed by atoms with E-state index >= 15 is 0 Å². The number of benzene rings is 1. The van der Waals surface area contributed by atoms with Gasteiger partial charge in [0.05, 0.1) is 0 Å². The molecule has 0 amide bonds. The number of hydrogen-bond donors (Lipinski definition) is 0. The standard InChI is InChI=1S/C19H23F2NO/c1-4-17-13(2)12-18(14-6-5-7-14)22(17)15-8-10-16(11-9-15)23-19(3,20)21/h8-12,14H,4-7H2,1-3H3. The van der Waals surface area contributed by atoms with Crippen molar-refractivity contribution in [3.05, 3.63) is 47.3 Å². The van der Waals surface area contributed by atoms with Gasteiger partial charge in [0.1, 0.15) is 5.75 Å². The number of halogens is 2. The lowest BCUT2D eigenvalue weighted by molar-refractivity contribution is -0.158. The third-order valence-corrected chi connectivity index (χ3v) is 4.60. The van der Waals surface area contributed by atoms with Crippen LogP contribution in [0.2, 0.25) is 0 Å². The van der Waals surface area contributed by atoms with Gasteiger partial charge in [0.2, 0.25) is 0 Å². The second-order valence-corrected chi connectivity index (χ2v) is 6.42. The maximum atomic E-state index is 12.9. The first-order chi connectivity index (χ1) is 10.9. The minimum Gasteiger partial charge on any atom is -0.433 e. The summed E-state index contributed by atoms with van der Waals surface area (Å²) in [4.78, 5) is 0. The van der Waals surface area contributed by atoms with E-state index in [0.717, 1.165) is 19.0 Å². The summed E-state index contributed by atoms with van der Waals surface area (Å²) in [6.45, 7) is 5.05. The van der Waals surface area contributed by atoms with Crippen LogP contribution in [0.25, 0.3) is 5.69 Å². The van der Waals surface area contributed by atoms with Crippen molar-refractivity contribution in [1.29, 1.82) is 0 Å². The molecule has 124 valence electrons. The highest BCUT2D eigenvalue weighted by Crippen LogP contribution is 2.39. The normalized spacial score (nSPS) is 15.5. The molecule has 1 heterocycles. The molecule has 0 spiro atoms. The summed E-state index contributed by atoms with van der Waals surface area (Å²) in [5.41, 5.74) is 4.96. The van der Waals surface area contributed by atoms with Crippen molar-refractivity contribution >= 4 is 0 Å². The fraction of sp³-hybridized carbons (Fsp3) is 0.474. The SMILES string of the molecule is CCc1c(C)cc(C2CCC2)n1-c1ccc(OC(C)(F)F)cc1. The molecule has 1 fully saturated rings. The Labute approximate surface area is 136 Å². The molecule has 0 N–H and O–H groups in total. The van der Waals surface area contributed by atoms with Crippen LogP contribution in [0.5, 0.6) is 5.75 Å². The molecule has 4 heteroatoms. The second-order valence-electron chi connectivity index (χ2n) is 6.42. The summed E-state index contributed by atoms with van der Waals surface area (Å²) in [6, 6.07) is 9.25. The van der Waals surface area contributed by atoms with Crippen molar-refractivity contribution in [2.75, 3.05) is 0 Å². The molecule has 2 aromatic rings. The van der Waals surface area contributed by atoms with E-state index in [9.17, 15) is 8.78 Å². The Kier molecular flexibility index (Phi) is 4.17. The van der Waals surface area contributed by atoms with E-state index in [0.29, 0.717) is 5.92 Å². The van der Waals surface area contributed by atoms with Gasteiger partial charge in [-0.2, -0.15) is 8.78 Å². The Morgan fingerprint density at radius 2 is 1.87 bits per heavy atom. The number of hydrogen-bond acceptors (Lipinski definition) is 1. The smallest absolute Gasteiger partial charge is 0.394 e. The number of ether oxygens (including phenoxy) is 1. The van der Waals surface area contributed by atoms with Gasteiger partial charge in [-0.05, 0) is 68.0 Å². The summed E-state index contributed by atoms with van der Waals surface area (Å²) in [6.07, 6.45) is 1.54. The van der Waals surface area contributed by atoms with Crippen LogP contribution in [-0.4, -0.2) is 10.7 Å². The minimum absolute atomic E-state index is 0.188. The van der Waals surface area contributed by atoms with E-state index in [1.54, 1.807) is 12.1 Å². The number of nitrogens with zero attached hydrogens (tertiary/aromatic N) is 1. The molecule has 0 saturated heterocycles. The number of rotatable bonds is 5. The van der Waals surface area contributed by atoms with Gasteiger partial charge in [-0.25, -0.2) is 0 Å². The lowest BCUT2D eigenvalue weighted by Gasteiger charge is -2.27. The van der Waals surface area contributed by atoms with Crippen LogP contribution in [0.15, 0.2) is 30.3 Å². The molecule has 0 unspecified atom stereocenters. The number of aryl methyl sites for hydroxylation is 1. The summed E-state index contributed by atoms with van der Waals surface area (Å²) in [7, 11) is 0. The lowest BCUT2D eigenvalue weighted by atomic mass is 9.83. The van der Waals surface area contributed by atoms with Gasteiger partial charge in [-0.1, -0.05) is 13.3 Å². The van der Waals surface area contributed by atoms with E-state index < -0.39 is 6.11 Å². The molecule has 1 aromatic carbocycles. The van der Waals surface area contributed by atoms with Gasteiger partial charge in [0, 0.05) is 24.0 Å². The van der Waals surface area contributed by atoms with Crippen LogP contribution in [-0.2, 0) is 6.42 Å². The molecule has 3 rings (SSSR count). The van der Waals surface area contributed by atoms with Crippen molar-refractivity contribution in [2.24, 2.45) is 0 Å². The molecule has 1 aliphatic rings. The number of alkyl halides is 2. The summed E-state index contributed by atoms with van der Waals surface area (Å²) < 4.78 is 32.8. The monoisotopic (exact) mass is 319 g/mol. The Bertz CT molecular complexity index is 679. The van der Waals surface area contributed by atoms with E-state index in [4.69, 9.17) is 0 Å². The fourth-order valence-corrected chi connectivity index (χ4v) is 3.32. The van der Waals surface area contributed by atoms with Gasteiger partial charge in [-0.15, -0.1) is 0 Å². The van der Waals surface area contributed by atoms with Crippen molar-refractivity contribution in [3.8, 4) is 11.4 Å². The van der Waals surface area contributed by atoms with Crippen molar-refractivity contribution in [1.82, 2.24) is 4.57 Å². The third kappa shape index (κ3) is 3.26. The van der Waals surface area contributed by atoms with Crippen molar-refractivity contribution < 1.29 is 13.5 Å². The third-order valence-electron chi connectivity index (χ3n) is 4.60. The molecule has 0 atom stereocenters. The Morgan fingerprint density at radius 3 is 2.35 bits per heavy atom. The van der Waals surface area contributed by atoms with Gasteiger partial charge < -0.3 is 9.30 Å². The van der Waals surface area contributed by atoms with Crippen LogP contribution in [0.3, 0.4) is 0 Å². The zero-order valence-electron chi connectivity index (χ0n) is 13.9. The van der Waals surface area contributed by atoms with Gasteiger partial charge >= 0.3 is 6.11 Å². The fourth-order valence-electron chi connectivity index (χ4n) is 3.32. The second kappa shape index (κ2) is 5.99. The average Bonchev–Trinajstić information content (AvgIpc) is 2.72. The zero-order valence-corrected chi connectivity index (χ0v) is 13.9. The molecule has 1 aromatic heterocycles. The van der Waals surface area contributed by atoms with Crippen molar-refractivity contribution in [2.45, 2.75) is 58.5 Å². The minimum atomic E-state index is -3.16. The highest BCUT2D eigenvalue weighted by atomic mass is 19.3. The van der Waals surface area contributed by atoms with E-state index in [-0.39, 0.29) is 5.75 Å². The number of aromatic nitrogens is 1. The van der Waals surface area contributed by atoms with Crippen LogP contribution < -0.4 is 4.74 Å². The summed E-state index contributed by atoms with van der Waals surface area (Å²) in [5.74, 6) is 0.804. The molecule has 1 saturated carbocycles. The topological polar surface area (TPSA) is 14.2 Å². The predicted molar refractivity (Wildman–Crippen MR) is 87.7 cm³/mol. The quantitative estimate of drug-likeness (QED) is 0.699. The van der Waals surface area contributed by atoms with E-state index in [2.05, 4.69) is 29.2 Å². The Morgan fingerprint density at radius 1 is 1.22 bits per heavy atom. The first-order valence-electron chi connectivity index (χ1n) is 8.27. The van der Waals surface area contributed by atoms with Gasteiger partial charge in [-0.3, -0.25) is 0 Å².